The fourth-order valence-electron chi connectivity index (χ4n) is 4.77. The number of nitrogens with one attached hydrogen (secondary N) is 2. The normalized spacial score (nSPS) is 30.2. The molecule has 3 aliphatic rings. The van der Waals surface area contributed by atoms with Crippen LogP contribution in [0.25, 0.3) is 5.52 Å². The molecular weight excluding hydrogens is 316 g/mol. The number of nitrogens with zero attached hydrogens (tertiary/aromatic N) is 2. The Bertz CT molecular complexity index is 814. The van der Waals surface area contributed by atoms with Crippen LogP contribution in [0.1, 0.15) is 24.2 Å². The Hall–Kier alpha value is -1.92. The molecule has 2 aromatic heterocycles. The summed E-state index contributed by atoms with van der Waals surface area (Å²) in [6, 6.07) is 4.13. The number of rotatable bonds is 3. The van der Waals surface area contributed by atoms with Gasteiger partial charge in [0, 0.05) is 38.2 Å². The molecule has 0 radical (unpaired) electrons. The molecule has 5 rings (SSSR count). The summed E-state index contributed by atoms with van der Waals surface area (Å²) in [6.07, 6.45) is 5.51. The molecular formula is C19H24N4O2. The van der Waals surface area contributed by atoms with Crippen LogP contribution in [0.2, 0.25) is 0 Å². The summed E-state index contributed by atoms with van der Waals surface area (Å²) in [7, 11) is 0. The van der Waals surface area contributed by atoms with Crippen LogP contribution in [-0.2, 0) is 15.1 Å². The van der Waals surface area contributed by atoms with Crippen LogP contribution in [0.4, 0.5) is 0 Å². The minimum Gasteiger partial charge on any atom is -0.381 e. The maximum atomic E-state index is 13.0. The molecule has 2 saturated heterocycles. The first kappa shape index (κ1) is 15.3. The number of carbonyl (C=O) groups is 1. The molecule has 6 heteroatoms. The van der Waals surface area contributed by atoms with Crippen molar-refractivity contribution in [3.63, 3.8) is 0 Å². The van der Waals surface area contributed by atoms with Gasteiger partial charge in [0.25, 0.3) is 0 Å². The summed E-state index contributed by atoms with van der Waals surface area (Å²) in [4.78, 5) is 17.7. The third-order valence-corrected chi connectivity index (χ3v) is 6.31. The lowest BCUT2D eigenvalue weighted by Gasteiger charge is -2.37. The number of imidazole rings is 1. The van der Waals surface area contributed by atoms with E-state index in [2.05, 4.69) is 28.0 Å². The van der Waals surface area contributed by atoms with Crippen molar-refractivity contribution in [2.24, 2.45) is 17.8 Å². The molecule has 0 bridgehead atoms. The Labute approximate surface area is 147 Å². The van der Waals surface area contributed by atoms with Gasteiger partial charge in [0.05, 0.1) is 11.7 Å². The third kappa shape index (κ3) is 2.31. The highest BCUT2D eigenvalue weighted by atomic mass is 16.5. The van der Waals surface area contributed by atoms with Crippen LogP contribution in [0.3, 0.4) is 0 Å². The second kappa shape index (κ2) is 5.54. The molecule has 25 heavy (non-hydrogen) atoms. The Balaban J connectivity index is 1.50. The van der Waals surface area contributed by atoms with Gasteiger partial charge in [0.15, 0.2) is 0 Å². The topological polar surface area (TPSA) is 67.7 Å². The second-order valence-corrected chi connectivity index (χ2v) is 7.72. The first-order valence-electron chi connectivity index (χ1n) is 9.23. The lowest BCUT2D eigenvalue weighted by atomic mass is 9.88. The van der Waals surface area contributed by atoms with E-state index in [1.54, 1.807) is 0 Å². The van der Waals surface area contributed by atoms with E-state index in [1.807, 2.05) is 18.5 Å². The molecule has 6 nitrogen and oxygen atoms in total. The van der Waals surface area contributed by atoms with Crippen molar-refractivity contribution in [3.8, 4) is 0 Å². The van der Waals surface area contributed by atoms with Crippen LogP contribution in [-0.4, -0.2) is 41.6 Å². The number of pyridine rings is 1. The fourth-order valence-corrected chi connectivity index (χ4v) is 4.77. The quantitative estimate of drug-likeness (QED) is 0.882. The van der Waals surface area contributed by atoms with Crippen molar-refractivity contribution in [3.05, 3.63) is 35.9 Å². The molecule has 1 saturated carbocycles. The number of aromatic nitrogens is 2. The summed E-state index contributed by atoms with van der Waals surface area (Å²) < 4.78 is 7.73. The predicted molar refractivity (Wildman–Crippen MR) is 93.1 cm³/mol. The zero-order valence-electron chi connectivity index (χ0n) is 14.5. The first-order chi connectivity index (χ1) is 12.2. The van der Waals surface area contributed by atoms with Gasteiger partial charge in [-0.1, -0.05) is 6.07 Å². The smallest absolute Gasteiger partial charge is 0.224 e. The predicted octanol–water partition coefficient (Wildman–Crippen LogP) is 1.23. The van der Waals surface area contributed by atoms with Gasteiger partial charge in [-0.15, -0.1) is 0 Å². The molecule has 0 spiro atoms. The summed E-state index contributed by atoms with van der Waals surface area (Å²) in [6.45, 7) is 5.35. The Morgan fingerprint density at radius 1 is 1.36 bits per heavy atom. The van der Waals surface area contributed by atoms with E-state index in [0.29, 0.717) is 25.0 Å². The summed E-state index contributed by atoms with van der Waals surface area (Å²) in [5, 5.41) is 6.77. The lowest BCUT2D eigenvalue weighted by molar-refractivity contribution is -0.126. The maximum absolute atomic E-state index is 13.0. The van der Waals surface area contributed by atoms with Crippen LogP contribution < -0.4 is 10.6 Å². The maximum Gasteiger partial charge on any atom is 0.224 e. The van der Waals surface area contributed by atoms with E-state index in [9.17, 15) is 4.79 Å². The number of hydrogen-bond acceptors (Lipinski definition) is 4. The molecule has 2 aromatic rings. The van der Waals surface area contributed by atoms with Gasteiger partial charge < -0.3 is 19.8 Å². The minimum absolute atomic E-state index is 0.175. The van der Waals surface area contributed by atoms with Crippen molar-refractivity contribution < 1.29 is 9.53 Å². The van der Waals surface area contributed by atoms with Gasteiger partial charge in [-0.05, 0) is 43.5 Å². The number of aryl methyl sites for hydroxylation is 1. The van der Waals surface area contributed by atoms with E-state index in [0.717, 1.165) is 37.3 Å². The number of hydrogen-bond donors (Lipinski definition) is 2. The highest BCUT2D eigenvalue weighted by Crippen LogP contribution is 2.49. The molecule has 1 unspecified atom stereocenters. The van der Waals surface area contributed by atoms with Gasteiger partial charge in [-0.25, -0.2) is 4.98 Å². The Morgan fingerprint density at radius 3 is 2.88 bits per heavy atom. The minimum atomic E-state index is -0.431. The van der Waals surface area contributed by atoms with E-state index >= 15 is 0 Å². The monoisotopic (exact) mass is 340 g/mol. The largest absolute Gasteiger partial charge is 0.381 e. The molecule has 1 amide bonds. The first-order valence-corrected chi connectivity index (χ1v) is 9.23. The number of amides is 1. The van der Waals surface area contributed by atoms with Crippen LogP contribution >= 0.6 is 0 Å². The number of fused-ring (bicyclic) bond motifs is 2. The lowest BCUT2D eigenvalue weighted by Crippen LogP contribution is -2.51. The number of piperidine rings is 1. The SMILES string of the molecule is Cc1cccn2c(C3(NC(=O)[C@@H]4C5CNC[C@H]54)CCOCC3)ncc12. The highest BCUT2D eigenvalue weighted by Gasteiger charge is 2.58. The third-order valence-electron chi connectivity index (χ3n) is 6.31. The molecule has 3 fully saturated rings. The zero-order valence-corrected chi connectivity index (χ0v) is 14.5. The number of ether oxygens (including phenoxy) is 1. The summed E-state index contributed by atoms with van der Waals surface area (Å²) in [5.74, 6) is 2.36. The number of carbonyl (C=O) groups excluding carboxylic acids is 1. The van der Waals surface area contributed by atoms with Crippen molar-refractivity contribution in [1.82, 2.24) is 20.0 Å². The average Bonchev–Trinajstić information content (AvgIpc) is 2.98. The molecule has 0 aromatic carbocycles. The van der Waals surface area contributed by atoms with Crippen molar-refractivity contribution in [1.29, 1.82) is 0 Å². The second-order valence-electron chi connectivity index (χ2n) is 7.72. The van der Waals surface area contributed by atoms with Crippen molar-refractivity contribution in [2.75, 3.05) is 26.3 Å². The highest BCUT2D eigenvalue weighted by molar-refractivity contribution is 5.83. The molecule has 2 aliphatic heterocycles. The van der Waals surface area contributed by atoms with E-state index < -0.39 is 5.54 Å². The van der Waals surface area contributed by atoms with E-state index in [-0.39, 0.29) is 11.8 Å². The fraction of sp³-hybridized carbons (Fsp3) is 0.579. The Morgan fingerprint density at radius 2 is 2.12 bits per heavy atom. The molecule has 2 N–H and O–H groups in total. The molecule has 1 aliphatic carbocycles. The Kier molecular flexibility index (Phi) is 3.40. The van der Waals surface area contributed by atoms with Crippen molar-refractivity contribution in [2.45, 2.75) is 25.3 Å². The van der Waals surface area contributed by atoms with Gasteiger partial charge >= 0.3 is 0 Å². The summed E-state index contributed by atoms with van der Waals surface area (Å²) in [5.41, 5.74) is 1.86. The average molecular weight is 340 g/mol. The van der Waals surface area contributed by atoms with Gasteiger partial charge in [0.2, 0.25) is 5.91 Å². The van der Waals surface area contributed by atoms with Gasteiger partial charge in [-0.2, -0.15) is 0 Å². The summed E-state index contributed by atoms with van der Waals surface area (Å²) >= 11 is 0. The van der Waals surface area contributed by atoms with Gasteiger partial charge in [-0.3, -0.25) is 4.79 Å². The van der Waals surface area contributed by atoms with Crippen LogP contribution in [0, 0.1) is 24.7 Å². The van der Waals surface area contributed by atoms with E-state index in [1.165, 1.54) is 5.56 Å². The van der Waals surface area contributed by atoms with Gasteiger partial charge in [0.1, 0.15) is 11.4 Å². The molecule has 3 atom stereocenters. The molecule has 132 valence electrons. The van der Waals surface area contributed by atoms with Crippen LogP contribution in [0.5, 0.6) is 0 Å². The van der Waals surface area contributed by atoms with Crippen molar-refractivity contribution >= 4 is 11.4 Å². The van der Waals surface area contributed by atoms with E-state index in [4.69, 9.17) is 9.72 Å². The zero-order chi connectivity index (χ0) is 17.0. The van der Waals surface area contributed by atoms with Crippen LogP contribution in [0.15, 0.2) is 24.5 Å². The standard InChI is InChI=1S/C19H24N4O2/c1-12-3-2-6-23-15(12)11-21-18(23)19(4-7-25-8-5-19)22-17(24)16-13-9-20-10-14(13)16/h2-3,6,11,13-14,16,20H,4-5,7-10H2,1H3,(H,22,24)/t13-,14?,16+/m1/s1. The molecule has 4 heterocycles.